The zero-order chi connectivity index (χ0) is 18.9. The van der Waals surface area contributed by atoms with E-state index in [1.54, 1.807) is 7.11 Å². The van der Waals surface area contributed by atoms with Gasteiger partial charge in [0.2, 0.25) is 19.3 Å². The highest BCUT2D eigenvalue weighted by Crippen LogP contribution is 2.55. The van der Waals surface area contributed by atoms with E-state index in [0.717, 1.165) is 46.9 Å². The molecule has 7 heteroatoms. The van der Waals surface area contributed by atoms with Crippen molar-refractivity contribution in [1.82, 2.24) is 4.90 Å². The first-order valence-corrected chi connectivity index (χ1v) is 9.51. The first kappa shape index (κ1) is 16.3. The van der Waals surface area contributed by atoms with E-state index in [4.69, 9.17) is 23.7 Å². The summed E-state index contributed by atoms with van der Waals surface area (Å²) in [6, 6.07) is 6.10. The van der Waals surface area contributed by atoms with Gasteiger partial charge in [-0.1, -0.05) is 6.07 Å². The van der Waals surface area contributed by atoms with Crippen LogP contribution in [0.3, 0.4) is 0 Å². The summed E-state index contributed by atoms with van der Waals surface area (Å²) in [5.41, 5.74) is 3.91. The summed E-state index contributed by atoms with van der Waals surface area (Å²) in [6.07, 6.45) is 1.52. The maximum absolute atomic E-state index is 10.7. The van der Waals surface area contributed by atoms with E-state index in [9.17, 15) is 5.11 Å². The molecule has 0 saturated heterocycles. The van der Waals surface area contributed by atoms with E-state index in [2.05, 4.69) is 11.0 Å². The quantitative estimate of drug-likeness (QED) is 0.850. The molecule has 7 nitrogen and oxygen atoms in total. The molecule has 4 heterocycles. The fourth-order valence-electron chi connectivity index (χ4n) is 5.17. The van der Waals surface area contributed by atoms with Gasteiger partial charge in [0.05, 0.1) is 19.3 Å². The van der Waals surface area contributed by atoms with Crippen LogP contribution in [0.2, 0.25) is 0 Å². The second-order valence-corrected chi connectivity index (χ2v) is 7.65. The molecular weight excluding hydrogens is 362 g/mol. The maximum atomic E-state index is 10.7. The molecular formula is C21H21NO6. The summed E-state index contributed by atoms with van der Waals surface area (Å²) in [6.45, 7) is 1.97. The third kappa shape index (κ3) is 1.95. The summed E-state index contributed by atoms with van der Waals surface area (Å²) >= 11 is 0. The number of benzene rings is 2. The van der Waals surface area contributed by atoms with E-state index in [1.165, 1.54) is 5.56 Å². The fraction of sp³-hybridized carbons (Fsp3) is 0.429. The van der Waals surface area contributed by atoms with Crippen LogP contribution in [-0.2, 0) is 24.9 Å². The smallest absolute Gasteiger partial charge is 0.231 e. The number of ether oxygens (including phenoxy) is 5. The average molecular weight is 383 g/mol. The highest BCUT2D eigenvalue weighted by Gasteiger charge is 2.49. The lowest BCUT2D eigenvalue weighted by Crippen LogP contribution is -2.56. The largest absolute Gasteiger partial charge is 0.492 e. The zero-order valence-electron chi connectivity index (χ0n) is 15.6. The molecule has 0 aliphatic carbocycles. The van der Waals surface area contributed by atoms with Crippen molar-refractivity contribution in [2.24, 2.45) is 0 Å². The van der Waals surface area contributed by atoms with Crippen molar-refractivity contribution in [2.75, 3.05) is 33.8 Å². The van der Waals surface area contributed by atoms with Crippen molar-refractivity contribution in [2.45, 2.75) is 24.9 Å². The van der Waals surface area contributed by atoms with Gasteiger partial charge in [0.1, 0.15) is 0 Å². The Labute approximate surface area is 162 Å². The third-order valence-corrected chi connectivity index (χ3v) is 6.46. The van der Waals surface area contributed by atoms with Crippen LogP contribution in [0.25, 0.3) is 0 Å². The molecule has 1 unspecified atom stereocenters. The van der Waals surface area contributed by atoms with E-state index < -0.39 is 5.54 Å². The number of fused-ring (bicyclic) bond motifs is 7. The summed E-state index contributed by atoms with van der Waals surface area (Å²) in [7, 11) is 1.65. The van der Waals surface area contributed by atoms with Crippen molar-refractivity contribution < 1.29 is 28.8 Å². The zero-order valence-corrected chi connectivity index (χ0v) is 15.6. The van der Waals surface area contributed by atoms with Crippen molar-refractivity contribution in [3.63, 3.8) is 0 Å². The van der Waals surface area contributed by atoms with Gasteiger partial charge in [0.15, 0.2) is 23.0 Å². The SMILES string of the molecule is COc1c2c(cc3c1C1(CO)Cc4ccc5c(c4CN1CC3)OCO5)OCO2. The number of hydrogen-bond donors (Lipinski definition) is 1. The number of aliphatic hydroxyl groups excluding tert-OH is 1. The van der Waals surface area contributed by atoms with Gasteiger partial charge >= 0.3 is 0 Å². The second-order valence-electron chi connectivity index (χ2n) is 7.65. The predicted octanol–water partition coefficient (Wildman–Crippen LogP) is 1.95. The molecule has 1 atom stereocenters. The number of aliphatic hydroxyl groups is 1. The summed E-state index contributed by atoms with van der Waals surface area (Å²) in [4.78, 5) is 2.34. The number of rotatable bonds is 2. The molecule has 4 aliphatic rings. The van der Waals surface area contributed by atoms with Gasteiger partial charge in [-0.15, -0.1) is 0 Å². The summed E-state index contributed by atoms with van der Waals surface area (Å²) < 4.78 is 28.4. The van der Waals surface area contributed by atoms with Gasteiger partial charge in [-0.05, 0) is 36.1 Å². The Bertz CT molecular complexity index is 990. The van der Waals surface area contributed by atoms with Crippen LogP contribution in [0, 0.1) is 0 Å². The first-order valence-electron chi connectivity index (χ1n) is 9.51. The second kappa shape index (κ2) is 5.68. The minimum Gasteiger partial charge on any atom is -0.492 e. The number of nitrogens with zero attached hydrogens (tertiary/aromatic N) is 1. The Kier molecular flexibility index (Phi) is 3.31. The van der Waals surface area contributed by atoms with E-state index in [0.29, 0.717) is 24.5 Å². The van der Waals surface area contributed by atoms with Gasteiger partial charge in [0, 0.05) is 24.2 Å². The van der Waals surface area contributed by atoms with Crippen molar-refractivity contribution >= 4 is 0 Å². The molecule has 0 radical (unpaired) electrons. The summed E-state index contributed by atoms with van der Waals surface area (Å²) in [5, 5.41) is 10.7. The number of hydrogen-bond acceptors (Lipinski definition) is 7. The highest BCUT2D eigenvalue weighted by atomic mass is 16.7. The van der Waals surface area contributed by atoms with Gasteiger partial charge in [-0.25, -0.2) is 0 Å². The van der Waals surface area contributed by atoms with Crippen molar-refractivity contribution in [3.05, 3.63) is 40.5 Å². The molecule has 0 amide bonds. The van der Waals surface area contributed by atoms with Gasteiger partial charge in [-0.2, -0.15) is 0 Å². The van der Waals surface area contributed by atoms with Gasteiger partial charge < -0.3 is 28.8 Å². The predicted molar refractivity (Wildman–Crippen MR) is 98.3 cm³/mol. The molecule has 0 saturated carbocycles. The Hall–Kier alpha value is -2.64. The Morgan fingerprint density at radius 1 is 1.07 bits per heavy atom. The topological polar surface area (TPSA) is 69.6 Å². The lowest BCUT2D eigenvalue weighted by Gasteiger charge is -2.51. The van der Waals surface area contributed by atoms with Crippen LogP contribution in [0.15, 0.2) is 18.2 Å². The lowest BCUT2D eigenvalue weighted by atomic mass is 9.72. The molecule has 0 bridgehead atoms. The molecule has 6 rings (SSSR count). The monoisotopic (exact) mass is 383 g/mol. The first-order chi connectivity index (χ1) is 13.7. The Balaban J connectivity index is 1.56. The van der Waals surface area contributed by atoms with Crippen LogP contribution in [0.4, 0.5) is 0 Å². The molecule has 146 valence electrons. The maximum Gasteiger partial charge on any atom is 0.231 e. The van der Waals surface area contributed by atoms with Gasteiger partial charge in [-0.3, -0.25) is 4.90 Å². The molecule has 0 aromatic heterocycles. The molecule has 2 aromatic carbocycles. The molecule has 1 N–H and O–H groups in total. The van der Waals surface area contributed by atoms with Gasteiger partial charge in [0.25, 0.3) is 0 Å². The van der Waals surface area contributed by atoms with Crippen molar-refractivity contribution in [3.8, 4) is 28.7 Å². The number of methoxy groups -OCH3 is 1. The standard InChI is InChI=1S/C21H21NO6/c1-24-20-17-12(6-16-19(20)28-11-26-16)4-5-22-8-14-13(7-21(17,22)9-23)2-3-15-18(14)27-10-25-15/h2-3,6,23H,4-5,7-11H2,1H3. The minimum absolute atomic E-state index is 0.0100. The van der Waals surface area contributed by atoms with Crippen LogP contribution in [0.1, 0.15) is 22.3 Å². The van der Waals surface area contributed by atoms with E-state index in [-0.39, 0.29) is 20.2 Å². The summed E-state index contributed by atoms with van der Waals surface area (Å²) in [5.74, 6) is 3.66. The Morgan fingerprint density at radius 2 is 1.89 bits per heavy atom. The molecule has 0 fully saturated rings. The van der Waals surface area contributed by atoms with E-state index in [1.807, 2.05) is 12.1 Å². The normalized spacial score (nSPS) is 23.8. The van der Waals surface area contributed by atoms with Crippen LogP contribution >= 0.6 is 0 Å². The third-order valence-electron chi connectivity index (χ3n) is 6.46. The molecule has 28 heavy (non-hydrogen) atoms. The molecule has 2 aromatic rings. The lowest BCUT2D eigenvalue weighted by molar-refractivity contribution is -0.00138. The van der Waals surface area contributed by atoms with E-state index >= 15 is 0 Å². The minimum atomic E-state index is -0.569. The highest BCUT2D eigenvalue weighted by molar-refractivity contribution is 5.64. The fourth-order valence-corrected chi connectivity index (χ4v) is 5.17. The van der Waals surface area contributed by atoms with Crippen molar-refractivity contribution in [1.29, 1.82) is 0 Å². The van der Waals surface area contributed by atoms with Crippen LogP contribution < -0.4 is 23.7 Å². The van der Waals surface area contributed by atoms with Crippen LogP contribution in [0.5, 0.6) is 28.7 Å². The average Bonchev–Trinajstić information content (AvgIpc) is 3.39. The molecule has 0 spiro atoms. The Morgan fingerprint density at radius 3 is 2.71 bits per heavy atom. The van der Waals surface area contributed by atoms with Crippen LogP contribution in [-0.4, -0.2) is 43.9 Å². The molecule has 4 aliphatic heterocycles.